The van der Waals surface area contributed by atoms with Gasteiger partial charge < -0.3 is 9.84 Å². The van der Waals surface area contributed by atoms with Gasteiger partial charge in [0.15, 0.2) is 0 Å². The van der Waals surface area contributed by atoms with Crippen molar-refractivity contribution in [2.75, 3.05) is 40.3 Å². The minimum atomic E-state index is -0.812. The van der Waals surface area contributed by atoms with E-state index in [1.54, 1.807) is 0 Å². The quantitative estimate of drug-likeness (QED) is 0.711. The van der Waals surface area contributed by atoms with E-state index in [1.807, 2.05) is 14.1 Å². The van der Waals surface area contributed by atoms with Crippen LogP contribution >= 0.6 is 0 Å². The molecular weight excluding hydrogens is 244 g/mol. The first-order valence-electron chi connectivity index (χ1n) is 6.54. The van der Waals surface area contributed by atoms with E-state index in [-0.39, 0.29) is 18.1 Å². The summed E-state index contributed by atoms with van der Waals surface area (Å²) in [5.74, 6) is 5.62. The molecule has 0 unspecified atom stereocenters. The van der Waals surface area contributed by atoms with Gasteiger partial charge in [0, 0.05) is 13.1 Å². The molecule has 0 aromatic carbocycles. The summed E-state index contributed by atoms with van der Waals surface area (Å²) in [7, 11) is 4.04. The summed E-state index contributed by atoms with van der Waals surface area (Å²) < 4.78 is 5.43. The van der Waals surface area contributed by atoms with E-state index in [2.05, 4.69) is 35.5 Å². The molecule has 108 valence electrons. The maximum Gasteiger partial charge on any atom is 0.305 e. The van der Waals surface area contributed by atoms with Gasteiger partial charge in [-0.1, -0.05) is 11.8 Å². The summed E-state index contributed by atoms with van der Waals surface area (Å²) in [4.78, 5) is 14.6. The highest BCUT2D eigenvalue weighted by Gasteiger charge is 2.26. The number of nitrogens with zero attached hydrogens (tertiary/aromatic N) is 2. The second kappa shape index (κ2) is 6.90. The average molecular weight is 268 g/mol. The average Bonchev–Trinajstić information content (AvgIpc) is 2.23. The van der Waals surface area contributed by atoms with Crippen LogP contribution in [0.15, 0.2) is 0 Å². The second-order valence-corrected chi connectivity index (χ2v) is 5.59. The van der Waals surface area contributed by atoms with Crippen LogP contribution in [0.25, 0.3) is 0 Å². The molecule has 0 bridgehead atoms. The Bertz CT molecular complexity index is 363. The molecule has 0 aromatic rings. The summed E-state index contributed by atoms with van der Waals surface area (Å²) in [6.45, 7) is 6.92. The highest BCUT2D eigenvalue weighted by atomic mass is 16.5. The molecule has 0 spiro atoms. The number of carboxylic acids is 1. The number of hydrogen-bond donors (Lipinski definition) is 1. The van der Waals surface area contributed by atoms with Crippen LogP contribution in [0, 0.1) is 11.8 Å². The molecule has 1 rings (SSSR count). The fourth-order valence-corrected chi connectivity index (χ4v) is 1.55. The van der Waals surface area contributed by atoms with Gasteiger partial charge in [-0.2, -0.15) is 0 Å². The highest BCUT2D eigenvalue weighted by molar-refractivity contribution is 5.66. The van der Waals surface area contributed by atoms with Gasteiger partial charge in [0.05, 0.1) is 31.2 Å². The third-order valence-corrected chi connectivity index (χ3v) is 3.41. The zero-order valence-corrected chi connectivity index (χ0v) is 12.3. The lowest BCUT2D eigenvalue weighted by Crippen LogP contribution is -2.52. The predicted molar refractivity (Wildman–Crippen MR) is 74.0 cm³/mol. The van der Waals surface area contributed by atoms with Crippen molar-refractivity contribution in [1.29, 1.82) is 0 Å². The number of carbonyl (C=O) groups is 1. The van der Waals surface area contributed by atoms with E-state index in [1.165, 1.54) is 0 Å². The molecule has 1 aliphatic heterocycles. The number of likely N-dealkylation sites (tertiary alicyclic amines) is 1. The normalized spacial score (nSPS) is 16.9. The maximum absolute atomic E-state index is 10.3. The summed E-state index contributed by atoms with van der Waals surface area (Å²) in [5.41, 5.74) is -0.109. The number of ether oxygens (including phenoxy) is 1. The van der Waals surface area contributed by atoms with Crippen LogP contribution in [0.4, 0.5) is 0 Å². The molecule has 1 N–H and O–H groups in total. The molecule has 0 amide bonds. The Hall–Kier alpha value is -1.09. The maximum atomic E-state index is 10.3. The molecule has 0 atom stereocenters. The van der Waals surface area contributed by atoms with Crippen molar-refractivity contribution < 1.29 is 14.6 Å². The van der Waals surface area contributed by atoms with Gasteiger partial charge in [-0.15, -0.1) is 0 Å². The molecule has 0 aromatic heterocycles. The summed E-state index contributed by atoms with van der Waals surface area (Å²) in [6.07, 6.45) is 0.246. The molecular formula is C14H24N2O3. The molecule has 1 heterocycles. The fraction of sp³-hybridized carbons (Fsp3) is 0.786. The van der Waals surface area contributed by atoms with Gasteiger partial charge in [-0.3, -0.25) is 14.6 Å². The van der Waals surface area contributed by atoms with Gasteiger partial charge in [-0.05, 0) is 27.9 Å². The first-order chi connectivity index (χ1) is 8.81. The van der Waals surface area contributed by atoms with Crippen LogP contribution in [-0.2, 0) is 9.53 Å². The van der Waals surface area contributed by atoms with E-state index in [0.717, 1.165) is 19.6 Å². The molecule has 1 aliphatic rings. The van der Waals surface area contributed by atoms with Crippen LogP contribution in [0.1, 0.15) is 20.3 Å². The number of aliphatic carboxylic acids is 1. The van der Waals surface area contributed by atoms with Crippen molar-refractivity contribution in [3.8, 4) is 11.8 Å². The molecule has 0 aliphatic carbocycles. The Morgan fingerprint density at radius 3 is 2.63 bits per heavy atom. The largest absolute Gasteiger partial charge is 0.481 e. The van der Waals surface area contributed by atoms with Crippen LogP contribution in [0.5, 0.6) is 0 Å². The van der Waals surface area contributed by atoms with Crippen LogP contribution in [0.2, 0.25) is 0 Å². The minimum absolute atomic E-state index is 0.0767. The zero-order valence-electron chi connectivity index (χ0n) is 12.3. The Kier molecular flexibility index (Phi) is 5.80. The topological polar surface area (TPSA) is 53.0 Å². The van der Waals surface area contributed by atoms with E-state index < -0.39 is 5.97 Å². The van der Waals surface area contributed by atoms with Crippen LogP contribution in [0.3, 0.4) is 0 Å². The van der Waals surface area contributed by atoms with Crippen molar-refractivity contribution in [2.24, 2.45) is 0 Å². The van der Waals surface area contributed by atoms with Crippen molar-refractivity contribution in [3.63, 3.8) is 0 Å². The third-order valence-electron chi connectivity index (χ3n) is 3.41. The second-order valence-electron chi connectivity index (χ2n) is 5.59. The first kappa shape index (κ1) is 16.0. The van der Waals surface area contributed by atoms with E-state index >= 15 is 0 Å². The van der Waals surface area contributed by atoms with Gasteiger partial charge in [0.25, 0.3) is 0 Å². The van der Waals surface area contributed by atoms with Crippen molar-refractivity contribution >= 4 is 5.97 Å². The molecule has 0 saturated carbocycles. The first-order valence-corrected chi connectivity index (χ1v) is 6.54. The van der Waals surface area contributed by atoms with Gasteiger partial charge in [-0.25, -0.2) is 0 Å². The lowest BCUT2D eigenvalue weighted by atomic mass is 10.1. The lowest BCUT2D eigenvalue weighted by molar-refractivity contribution is -0.139. The zero-order chi connectivity index (χ0) is 14.5. The molecule has 0 radical (unpaired) electrons. The SMILES string of the molecule is CN(C)C(C)(C)C#CCN1CC(OCCC(=O)O)C1. The lowest BCUT2D eigenvalue weighted by Gasteiger charge is -2.37. The monoisotopic (exact) mass is 268 g/mol. The van der Waals surface area contributed by atoms with Crippen LogP contribution in [-0.4, -0.2) is 72.9 Å². The van der Waals surface area contributed by atoms with E-state index in [0.29, 0.717) is 6.61 Å². The third kappa shape index (κ3) is 5.60. The Balaban J connectivity index is 2.16. The molecule has 1 saturated heterocycles. The number of rotatable bonds is 6. The summed E-state index contributed by atoms with van der Waals surface area (Å²) in [5, 5.41) is 8.49. The van der Waals surface area contributed by atoms with Crippen LogP contribution < -0.4 is 0 Å². The molecule has 1 fully saturated rings. The van der Waals surface area contributed by atoms with Gasteiger partial charge >= 0.3 is 5.97 Å². The van der Waals surface area contributed by atoms with Gasteiger partial charge in [0.2, 0.25) is 0 Å². The molecule has 5 heteroatoms. The number of hydrogen-bond acceptors (Lipinski definition) is 4. The smallest absolute Gasteiger partial charge is 0.305 e. The molecule has 19 heavy (non-hydrogen) atoms. The Morgan fingerprint density at radius 2 is 2.11 bits per heavy atom. The molecule has 5 nitrogen and oxygen atoms in total. The highest BCUT2D eigenvalue weighted by Crippen LogP contribution is 2.11. The minimum Gasteiger partial charge on any atom is -0.481 e. The van der Waals surface area contributed by atoms with Crippen molar-refractivity contribution in [1.82, 2.24) is 9.80 Å². The van der Waals surface area contributed by atoms with Crippen molar-refractivity contribution in [3.05, 3.63) is 0 Å². The predicted octanol–water partition coefficient (Wildman–Crippen LogP) is 0.506. The van der Waals surface area contributed by atoms with E-state index in [4.69, 9.17) is 9.84 Å². The van der Waals surface area contributed by atoms with Crippen molar-refractivity contribution in [2.45, 2.75) is 31.9 Å². The summed E-state index contributed by atoms with van der Waals surface area (Å²) >= 11 is 0. The van der Waals surface area contributed by atoms with Gasteiger partial charge in [0.1, 0.15) is 0 Å². The Labute approximate surface area is 115 Å². The fourth-order valence-electron chi connectivity index (χ4n) is 1.55. The summed E-state index contributed by atoms with van der Waals surface area (Å²) in [6, 6.07) is 0. The standard InChI is InChI=1S/C14H24N2O3/c1-14(2,15(3)4)7-5-8-16-10-12(11-16)19-9-6-13(17)18/h12H,6,8-11H2,1-4H3,(H,17,18). The number of carboxylic acid groups (broad SMARTS) is 1. The van der Waals surface area contributed by atoms with E-state index in [9.17, 15) is 4.79 Å². The Morgan fingerprint density at radius 1 is 1.47 bits per heavy atom.